The molecule has 1 N–H and O–H groups in total. The van der Waals surface area contributed by atoms with Crippen molar-refractivity contribution >= 4 is 23.4 Å². The number of nitrogens with zero attached hydrogens (tertiary/aromatic N) is 2. The first kappa shape index (κ1) is 21.0. The summed E-state index contributed by atoms with van der Waals surface area (Å²) in [7, 11) is 0. The molecule has 1 saturated heterocycles. The highest BCUT2D eigenvalue weighted by Crippen LogP contribution is 2.35. The zero-order chi connectivity index (χ0) is 21.5. The number of benzene rings is 3. The Morgan fingerprint density at radius 3 is 2.16 bits per heavy atom. The second kappa shape index (κ2) is 10.2. The Hall–Kier alpha value is -3.23. The van der Waals surface area contributed by atoms with E-state index < -0.39 is 0 Å². The fourth-order valence-corrected chi connectivity index (χ4v) is 4.90. The monoisotopic (exact) mass is 427 g/mol. The maximum Gasteiger partial charge on any atom is 0.238 e. The highest BCUT2D eigenvalue weighted by Gasteiger charge is 2.26. The van der Waals surface area contributed by atoms with E-state index >= 15 is 0 Å². The lowest BCUT2D eigenvalue weighted by atomic mass is 10.0. The van der Waals surface area contributed by atoms with Gasteiger partial charge in [-0.05, 0) is 54.8 Å². The molecule has 0 bridgehead atoms. The normalized spacial score (nSPS) is 15.1. The van der Waals surface area contributed by atoms with Crippen molar-refractivity contribution in [1.29, 1.82) is 5.26 Å². The standard InChI is InChI=1S/C26H25N3OS/c27-19-20-11-13-23(14-12-20)29-17-15-22(16-18-29)28-26(30)25(21-7-3-1-4-8-21)31-24-9-5-2-6-10-24/h1-14,22,25H,15-18H2,(H,28,30). The van der Waals surface area contributed by atoms with Crippen LogP contribution in [0.2, 0.25) is 0 Å². The van der Waals surface area contributed by atoms with Gasteiger partial charge in [0.05, 0.1) is 11.6 Å². The molecule has 1 atom stereocenters. The molecule has 0 aliphatic carbocycles. The van der Waals surface area contributed by atoms with Crippen LogP contribution in [0, 0.1) is 11.3 Å². The number of thioether (sulfide) groups is 1. The van der Waals surface area contributed by atoms with Crippen molar-refractivity contribution in [1.82, 2.24) is 5.32 Å². The number of carbonyl (C=O) groups excluding carboxylic acids is 1. The van der Waals surface area contributed by atoms with Gasteiger partial charge in [-0.15, -0.1) is 11.8 Å². The molecule has 1 heterocycles. The molecule has 4 nitrogen and oxygen atoms in total. The fraction of sp³-hybridized carbons (Fsp3) is 0.231. The number of carbonyl (C=O) groups is 1. The lowest BCUT2D eigenvalue weighted by Gasteiger charge is -2.34. The Morgan fingerprint density at radius 1 is 0.935 bits per heavy atom. The predicted octanol–water partition coefficient (Wildman–Crippen LogP) is 5.18. The van der Waals surface area contributed by atoms with E-state index in [4.69, 9.17) is 5.26 Å². The third-order valence-corrected chi connectivity index (χ3v) is 6.81. The molecule has 1 aliphatic heterocycles. The Kier molecular flexibility index (Phi) is 6.91. The predicted molar refractivity (Wildman–Crippen MR) is 126 cm³/mol. The average Bonchev–Trinajstić information content (AvgIpc) is 2.84. The van der Waals surface area contributed by atoms with E-state index in [1.54, 1.807) is 11.8 Å². The maximum absolute atomic E-state index is 13.3. The minimum Gasteiger partial charge on any atom is -0.371 e. The maximum atomic E-state index is 13.3. The second-order valence-electron chi connectivity index (χ2n) is 7.65. The largest absolute Gasteiger partial charge is 0.371 e. The van der Waals surface area contributed by atoms with Gasteiger partial charge in [0, 0.05) is 29.7 Å². The van der Waals surface area contributed by atoms with Crippen molar-refractivity contribution in [3.05, 3.63) is 96.1 Å². The van der Waals surface area contributed by atoms with Gasteiger partial charge in [0.2, 0.25) is 5.91 Å². The van der Waals surface area contributed by atoms with Gasteiger partial charge in [0.1, 0.15) is 5.25 Å². The summed E-state index contributed by atoms with van der Waals surface area (Å²) in [5.74, 6) is 0.0666. The molecule has 0 aromatic heterocycles. The topological polar surface area (TPSA) is 56.1 Å². The second-order valence-corrected chi connectivity index (χ2v) is 8.83. The Labute approximate surface area is 187 Å². The Balaban J connectivity index is 1.39. The summed E-state index contributed by atoms with van der Waals surface area (Å²) in [4.78, 5) is 16.7. The molecule has 0 radical (unpaired) electrons. The zero-order valence-electron chi connectivity index (χ0n) is 17.3. The van der Waals surface area contributed by atoms with Crippen LogP contribution < -0.4 is 10.2 Å². The quantitative estimate of drug-likeness (QED) is 0.551. The van der Waals surface area contributed by atoms with E-state index in [9.17, 15) is 4.79 Å². The number of nitrogens with one attached hydrogen (secondary N) is 1. The first-order valence-corrected chi connectivity index (χ1v) is 11.4. The molecule has 1 unspecified atom stereocenters. The molecular weight excluding hydrogens is 402 g/mol. The van der Waals surface area contributed by atoms with Gasteiger partial charge in [0.15, 0.2) is 0 Å². The number of rotatable bonds is 6. The van der Waals surface area contributed by atoms with Gasteiger partial charge in [-0.25, -0.2) is 0 Å². The lowest BCUT2D eigenvalue weighted by molar-refractivity contribution is -0.121. The van der Waals surface area contributed by atoms with Crippen LogP contribution in [0.15, 0.2) is 89.8 Å². The average molecular weight is 428 g/mol. The first-order chi connectivity index (χ1) is 15.2. The van der Waals surface area contributed by atoms with Crippen molar-refractivity contribution < 1.29 is 4.79 Å². The zero-order valence-corrected chi connectivity index (χ0v) is 18.1. The van der Waals surface area contributed by atoms with Crippen LogP contribution >= 0.6 is 11.8 Å². The van der Waals surface area contributed by atoms with Gasteiger partial charge < -0.3 is 10.2 Å². The molecule has 4 rings (SSSR count). The van der Waals surface area contributed by atoms with Crippen LogP contribution in [0.5, 0.6) is 0 Å². The van der Waals surface area contributed by atoms with Crippen LogP contribution in [0.3, 0.4) is 0 Å². The highest BCUT2D eigenvalue weighted by molar-refractivity contribution is 8.00. The number of amides is 1. The number of piperidine rings is 1. The summed E-state index contributed by atoms with van der Waals surface area (Å²) in [6.45, 7) is 1.78. The van der Waals surface area contributed by atoms with E-state index in [-0.39, 0.29) is 17.2 Å². The van der Waals surface area contributed by atoms with E-state index in [0.717, 1.165) is 42.1 Å². The van der Waals surface area contributed by atoms with Crippen molar-refractivity contribution in [3.8, 4) is 6.07 Å². The van der Waals surface area contributed by atoms with Crippen molar-refractivity contribution in [2.24, 2.45) is 0 Å². The fourth-order valence-electron chi connectivity index (χ4n) is 3.84. The van der Waals surface area contributed by atoms with Crippen LogP contribution in [0.1, 0.15) is 29.2 Å². The summed E-state index contributed by atoms with van der Waals surface area (Å²) in [5, 5.41) is 12.0. The SMILES string of the molecule is N#Cc1ccc(N2CCC(NC(=O)C(Sc3ccccc3)c3ccccc3)CC2)cc1. The lowest BCUT2D eigenvalue weighted by Crippen LogP contribution is -2.45. The number of hydrogen-bond acceptors (Lipinski definition) is 4. The van der Waals surface area contributed by atoms with E-state index in [0.29, 0.717) is 5.56 Å². The summed E-state index contributed by atoms with van der Waals surface area (Å²) >= 11 is 1.59. The molecule has 1 fully saturated rings. The molecule has 3 aromatic carbocycles. The van der Waals surface area contributed by atoms with Gasteiger partial charge in [-0.2, -0.15) is 5.26 Å². The van der Waals surface area contributed by atoms with Gasteiger partial charge in [0.25, 0.3) is 0 Å². The van der Waals surface area contributed by atoms with Crippen LogP contribution in [0.25, 0.3) is 0 Å². The molecule has 156 valence electrons. The molecule has 3 aromatic rings. The molecule has 5 heteroatoms. The summed E-state index contributed by atoms with van der Waals surface area (Å²) < 4.78 is 0. The third kappa shape index (κ3) is 5.48. The van der Waals surface area contributed by atoms with Crippen LogP contribution in [-0.2, 0) is 4.79 Å². The molecule has 1 amide bonds. The van der Waals surface area contributed by atoms with E-state index in [1.165, 1.54) is 0 Å². The minimum absolute atomic E-state index is 0.0666. The van der Waals surface area contributed by atoms with E-state index in [1.807, 2.05) is 84.9 Å². The van der Waals surface area contributed by atoms with Crippen LogP contribution in [-0.4, -0.2) is 25.0 Å². The molecule has 1 aliphatic rings. The summed E-state index contributed by atoms with van der Waals surface area (Å²) in [6, 6.07) is 30.1. The van der Waals surface area contributed by atoms with Crippen molar-refractivity contribution in [2.45, 2.75) is 29.0 Å². The van der Waals surface area contributed by atoms with Crippen molar-refractivity contribution in [3.63, 3.8) is 0 Å². The number of nitriles is 1. The molecular formula is C26H25N3OS. The summed E-state index contributed by atoms with van der Waals surface area (Å²) in [6.07, 6.45) is 1.81. The first-order valence-electron chi connectivity index (χ1n) is 10.5. The van der Waals surface area contributed by atoms with Crippen molar-refractivity contribution in [2.75, 3.05) is 18.0 Å². The van der Waals surface area contributed by atoms with Gasteiger partial charge in [-0.3, -0.25) is 4.79 Å². The van der Waals surface area contributed by atoms with Gasteiger partial charge >= 0.3 is 0 Å². The summed E-state index contributed by atoms with van der Waals surface area (Å²) in [5.41, 5.74) is 2.82. The molecule has 0 spiro atoms. The highest BCUT2D eigenvalue weighted by atomic mass is 32.2. The van der Waals surface area contributed by atoms with Gasteiger partial charge in [-0.1, -0.05) is 48.5 Å². The number of anilines is 1. The number of hydrogen-bond donors (Lipinski definition) is 1. The molecule has 0 saturated carbocycles. The Bertz CT molecular complexity index is 1020. The third-order valence-electron chi connectivity index (χ3n) is 5.54. The minimum atomic E-state index is -0.278. The van der Waals surface area contributed by atoms with Crippen LogP contribution in [0.4, 0.5) is 5.69 Å². The molecule has 31 heavy (non-hydrogen) atoms. The Morgan fingerprint density at radius 2 is 1.55 bits per heavy atom. The van der Waals surface area contributed by atoms with E-state index in [2.05, 4.69) is 16.3 Å². The smallest absolute Gasteiger partial charge is 0.238 e.